The molecule has 0 saturated carbocycles. The minimum absolute atomic E-state index is 0.0224. The van der Waals surface area contributed by atoms with Crippen molar-refractivity contribution in [3.63, 3.8) is 0 Å². The third-order valence-corrected chi connectivity index (χ3v) is 11.3. The molecule has 10 nitrogen and oxygen atoms in total. The summed E-state index contributed by atoms with van der Waals surface area (Å²) < 4.78 is 6.15. The van der Waals surface area contributed by atoms with E-state index in [-0.39, 0.29) is 35.8 Å². The van der Waals surface area contributed by atoms with Crippen LogP contribution in [0.3, 0.4) is 0 Å². The van der Waals surface area contributed by atoms with Gasteiger partial charge in [0.1, 0.15) is 18.4 Å². The molecule has 54 heavy (non-hydrogen) atoms. The van der Waals surface area contributed by atoms with Crippen molar-refractivity contribution in [3.8, 4) is 18.1 Å². The number of fused-ring (bicyclic) bond motifs is 2. The zero-order chi connectivity index (χ0) is 37.6. The van der Waals surface area contributed by atoms with Crippen LogP contribution in [0.4, 0.5) is 5.69 Å². The van der Waals surface area contributed by atoms with Crippen LogP contribution in [0.2, 0.25) is 0 Å². The van der Waals surface area contributed by atoms with E-state index in [4.69, 9.17) is 11.2 Å². The van der Waals surface area contributed by atoms with E-state index in [0.717, 1.165) is 86.8 Å². The van der Waals surface area contributed by atoms with Gasteiger partial charge in [0.25, 0.3) is 5.91 Å². The van der Waals surface area contributed by atoms with Crippen molar-refractivity contribution in [1.82, 2.24) is 20.0 Å². The van der Waals surface area contributed by atoms with Gasteiger partial charge in [-0.2, -0.15) is 0 Å². The highest BCUT2D eigenvalue weighted by Crippen LogP contribution is 2.47. The second kappa shape index (κ2) is 16.8. The molecule has 3 atom stereocenters. The van der Waals surface area contributed by atoms with E-state index in [9.17, 15) is 19.5 Å². The molecule has 3 N–H and O–H groups in total. The number of imide groups is 1. The molecule has 3 amide bonds. The number of phenols is 1. The van der Waals surface area contributed by atoms with Gasteiger partial charge < -0.3 is 20.1 Å². The fourth-order valence-corrected chi connectivity index (χ4v) is 8.36. The van der Waals surface area contributed by atoms with Crippen LogP contribution >= 0.6 is 0 Å². The summed E-state index contributed by atoms with van der Waals surface area (Å²) in [7, 11) is 0. The van der Waals surface area contributed by atoms with Crippen LogP contribution in [0.15, 0.2) is 90.2 Å². The van der Waals surface area contributed by atoms with E-state index >= 15 is 0 Å². The fourth-order valence-electron chi connectivity index (χ4n) is 8.36. The number of nitrogens with zero attached hydrogens (tertiary/aromatic N) is 3. The van der Waals surface area contributed by atoms with E-state index in [1.54, 1.807) is 11.0 Å². The molecular formula is C44H49N5O5. The molecule has 4 aliphatic rings. The lowest BCUT2D eigenvalue weighted by Crippen LogP contribution is -2.52. The Morgan fingerprint density at radius 2 is 1.72 bits per heavy atom. The average molecular weight is 728 g/mol. The number of aryl methyl sites for hydroxylation is 1. The molecule has 3 aromatic rings. The summed E-state index contributed by atoms with van der Waals surface area (Å²) in [5.41, 5.74) is 6.99. The van der Waals surface area contributed by atoms with Gasteiger partial charge in [-0.05, 0) is 96.8 Å². The van der Waals surface area contributed by atoms with E-state index in [1.165, 1.54) is 11.1 Å². The third-order valence-electron chi connectivity index (χ3n) is 11.3. The number of carbonyl (C=O) groups excluding carboxylic acids is 3. The third kappa shape index (κ3) is 8.38. The molecular weight excluding hydrogens is 679 g/mol. The number of carbonyl (C=O) groups is 3. The number of hydrogen-bond acceptors (Lipinski definition) is 8. The lowest BCUT2D eigenvalue weighted by Gasteiger charge is -2.34. The molecule has 3 heterocycles. The van der Waals surface area contributed by atoms with Crippen LogP contribution in [0.1, 0.15) is 70.6 Å². The van der Waals surface area contributed by atoms with Crippen molar-refractivity contribution >= 4 is 23.4 Å². The predicted molar refractivity (Wildman–Crippen MR) is 209 cm³/mol. The molecule has 0 bridgehead atoms. The summed E-state index contributed by atoms with van der Waals surface area (Å²) in [4.78, 5) is 43.4. The second-order valence-corrected chi connectivity index (χ2v) is 14.7. The monoisotopic (exact) mass is 727 g/mol. The predicted octanol–water partition coefficient (Wildman–Crippen LogP) is 5.18. The number of terminal acetylenes is 1. The van der Waals surface area contributed by atoms with Gasteiger partial charge >= 0.3 is 0 Å². The number of piperazine rings is 1. The average Bonchev–Trinajstić information content (AvgIpc) is 3.50. The van der Waals surface area contributed by atoms with Crippen molar-refractivity contribution in [1.29, 1.82) is 0 Å². The maximum Gasteiger partial charge on any atom is 0.255 e. The van der Waals surface area contributed by atoms with Gasteiger partial charge in [0.05, 0.1) is 5.76 Å². The number of nitrogens with one attached hydrogen (secondary N) is 2. The second-order valence-electron chi connectivity index (χ2n) is 14.7. The minimum atomic E-state index is -0.605. The van der Waals surface area contributed by atoms with Crippen LogP contribution in [0.25, 0.3) is 0 Å². The highest BCUT2D eigenvalue weighted by Gasteiger charge is 2.39. The van der Waals surface area contributed by atoms with Crippen LogP contribution < -0.4 is 10.6 Å². The molecule has 10 heteroatoms. The van der Waals surface area contributed by atoms with Crippen molar-refractivity contribution in [3.05, 3.63) is 118 Å². The number of benzene rings is 3. The first kappa shape index (κ1) is 37.0. The first-order valence-corrected chi connectivity index (χ1v) is 19.1. The quantitative estimate of drug-likeness (QED) is 0.101. The number of aromatic hydroxyl groups is 1. The highest BCUT2D eigenvalue weighted by atomic mass is 16.5. The Hall–Kier alpha value is -5.37. The van der Waals surface area contributed by atoms with Crippen molar-refractivity contribution in [2.24, 2.45) is 0 Å². The Morgan fingerprint density at radius 3 is 2.48 bits per heavy atom. The zero-order valence-electron chi connectivity index (χ0n) is 30.9. The van der Waals surface area contributed by atoms with E-state index in [2.05, 4.69) is 50.6 Å². The van der Waals surface area contributed by atoms with Gasteiger partial charge in [0.15, 0.2) is 0 Å². The standard InChI is InChI=1S/C44H49N5O5/c1-3-31(42-37(32-7-5-4-6-8-32)14-11-33-28-36(50)13-16-38(33)42)10-9-30(2)54-26-25-48-23-21-47(22-24-48)20-19-45-35-12-15-39-34(27-35)29-49(44(39)53)40-17-18-41(51)46-43(40)52/h1,4-10,12-13,15-16,27-28,37,40,42,45,50H,11,14,17-26,29H2,2H3,(H,46,51,52)/b30-9+,31-10+/t37-,40?,42+/m1/s1. The van der Waals surface area contributed by atoms with Crippen molar-refractivity contribution < 1.29 is 24.2 Å². The largest absolute Gasteiger partial charge is 0.508 e. The number of allylic oxidation sites excluding steroid dienone is 4. The maximum absolute atomic E-state index is 13.0. The smallest absolute Gasteiger partial charge is 0.255 e. The summed E-state index contributed by atoms with van der Waals surface area (Å²) in [5.74, 6) is 3.54. The Bertz CT molecular complexity index is 1980. The SMILES string of the molecule is C#C/C(=C\C=C(/C)OCCN1CCN(CCNc2ccc3c(c2)CN(C2CCC(=O)NC2=O)C3=O)CC1)[C@@H]1c2ccc(O)cc2CC[C@@H]1c1ccccc1. The number of piperidine rings is 1. The summed E-state index contributed by atoms with van der Waals surface area (Å²) in [6.07, 6.45) is 12.6. The lowest BCUT2D eigenvalue weighted by atomic mass is 9.69. The topological polar surface area (TPSA) is 114 Å². The summed E-state index contributed by atoms with van der Waals surface area (Å²) in [6, 6.07) is 21.4. The number of hydrogen-bond donors (Lipinski definition) is 3. The van der Waals surface area contributed by atoms with E-state index in [1.807, 2.05) is 55.5 Å². The van der Waals surface area contributed by atoms with Crippen LogP contribution in [0.5, 0.6) is 5.75 Å². The van der Waals surface area contributed by atoms with Gasteiger partial charge in [0.2, 0.25) is 11.8 Å². The van der Waals surface area contributed by atoms with Crippen molar-refractivity contribution in [2.75, 3.05) is 57.7 Å². The van der Waals surface area contributed by atoms with Gasteiger partial charge in [-0.1, -0.05) is 42.3 Å². The number of ether oxygens (including phenoxy) is 1. The van der Waals surface area contributed by atoms with Crippen LogP contribution in [-0.4, -0.2) is 96.0 Å². The van der Waals surface area contributed by atoms with Crippen LogP contribution in [0, 0.1) is 12.3 Å². The Balaban J connectivity index is 0.853. The molecule has 0 radical (unpaired) electrons. The first-order chi connectivity index (χ1) is 26.3. The summed E-state index contributed by atoms with van der Waals surface area (Å²) >= 11 is 0. The highest BCUT2D eigenvalue weighted by molar-refractivity contribution is 6.05. The lowest BCUT2D eigenvalue weighted by molar-refractivity contribution is -0.136. The normalized spacial score (nSPS) is 22.3. The number of amides is 3. The van der Waals surface area contributed by atoms with Crippen LogP contribution in [-0.2, 0) is 27.3 Å². The Morgan fingerprint density at radius 1 is 0.944 bits per heavy atom. The number of rotatable bonds is 12. The summed E-state index contributed by atoms with van der Waals surface area (Å²) in [5, 5.41) is 16.0. The fraction of sp³-hybridized carbons (Fsp3) is 0.386. The van der Waals surface area contributed by atoms with Gasteiger partial charge in [-0.15, -0.1) is 6.42 Å². The van der Waals surface area contributed by atoms with E-state index in [0.29, 0.717) is 25.1 Å². The molecule has 3 aromatic carbocycles. The first-order valence-electron chi connectivity index (χ1n) is 19.1. The number of phenolic OH excluding ortho intramolecular Hbond substituents is 1. The minimum Gasteiger partial charge on any atom is -0.508 e. The van der Waals surface area contributed by atoms with Gasteiger partial charge in [-0.25, -0.2) is 0 Å². The molecule has 1 aliphatic carbocycles. The molecule has 7 rings (SSSR count). The Kier molecular flexibility index (Phi) is 11.5. The molecule has 280 valence electrons. The van der Waals surface area contributed by atoms with Gasteiger partial charge in [-0.3, -0.25) is 29.5 Å². The van der Waals surface area contributed by atoms with Crippen molar-refractivity contribution in [2.45, 2.75) is 57.0 Å². The maximum atomic E-state index is 13.0. The van der Waals surface area contributed by atoms with E-state index < -0.39 is 11.9 Å². The Labute approximate surface area is 317 Å². The molecule has 0 aromatic heterocycles. The molecule has 0 spiro atoms. The number of anilines is 1. The zero-order valence-corrected chi connectivity index (χ0v) is 30.9. The molecule has 3 aliphatic heterocycles. The summed E-state index contributed by atoms with van der Waals surface area (Å²) in [6.45, 7) is 9.40. The molecule has 2 saturated heterocycles. The molecule has 2 fully saturated rings. The molecule has 1 unspecified atom stereocenters. The van der Waals surface area contributed by atoms with Gasteiger partial charge in [0, 0.05) is 81.5 Å².